The van der Waals surface area contributed by atoms with Crippen molar-refractivity contribution in [3.63, 3.8) is 0 Å². The van der Waals surface area contributed by atoms with Crippen LogP contribution in [0.2, 0.25) is 0 Å². The molecule has 0 saturated carbocycles. The van der Waals surface area contributed by atoms with E-state index in [2.05, 4.69) is 25.6 Å². The lowest BCUT2D eigenvalue weighted by molar-refractivity contribution is -0.138. The number of aliphatic imine (C=N–C) groups is 1. The minimum absolute atomic E-state index is 0.127. The Morgan fingerprint density at radius 3 is 2.97 bits per heavy atom. The van der Waals surface area contributed by atoms with Crippen molar-refractivity contribution in [3.8, 4) is 0 Å². The molecule has 0 atom stereocenters. The van der Waals surface area contributed by atoms with Gasteiger partial charge >= 0.3 is 5.97 Å². The highest BCUT2D eigenvalue weighted by Crippen LogP contribution is 2.31. The Morgan fingerprint density at radius 2 is 2.13 bits per heavy atom. The van der Waals surface area contributed by atoms with Crippen molar-refractivity contribution in [2.45, 2.75) is 12.8 Å². The molecule has 30 heavy (non-hydrogen) atoms. The average molecular weight is 441 g/mol. The number of rotatable bonds is 6. The van der Waals surface area contributed by atoms with Gasteiger partial charge in [-0.25, -0.2) is 9.98 Å². The molecule has 1 aromatic carbocycles. The van der Waals surface area contributed by atoms with Crippen LogP contribution in [0.15, 0.2) is 46.6 Å². The van der Waals surface area contributed by atoms with Gasteiger partial charge in [-0.15, -0.1) is 0 Å². The fraction of sp³-hybridized carbons (Fsp3) is 0.105. The minimum atomic E-state index is -1.04. The number of hydrogen-bond donors (Lipinski definition) is 4. The number of hydrogen-bond acceptors (Lipinski definition) is 7. The summed E-state index contributed by atoms with van der Waals surface area (Å²) in [7, 11) is 0. The van der Waals surface area contributed by atoms with Crippen LogP contribution >= 0.6 is 23.1 Å². The first-order chi connectivity index (χ1) is 14.5. The fourth-order valence-electron chi connectivity index (χ4n) is 2.65. The van der Waals surface area contributed by atoms with Crippen molar-refractivity contribution in [2.75, 3.05) is 5.32 Å². The van der Waals surface area contributed by atoms with Crippen LogP contribution < -0.4 is 10.6 Å². The van der Waals surface area contributed by atoms with E-state index in [4.69, 9.17) is 5.11 Å². The van der Waals surface area contributed by atoms with E-state index >= 15 is 0 Å². The summed E-state index contributed by atoms with van der Waals surface area (Å²) in [5.74, 6) is -1.73. The number of amides is 2. The van der Waals surface area contributed by atoms with E-state index in [-0.39, 0.29) is 18.7 Å². The second kappa shape index (κ2) is 8.51. The molecule has 1 aliphatic heterocycles. The Bertz CT molecular complexity index is 1210. The molecule has 0 unspecified atom stereocenters. The van der Waals surface area contributed by atoms with Gasteiger partial charge in [0.25, 0.3) is 5.91 Å². The van der Waals surface area contributed by atoms with Crippen LogP contribution in [0.1, 0.15) is 17.7 Å². The third-order valence-electron chi connectivity index (χ3n) is 4.03. The number of aromatic amines is 1. The van der Waals surface area contributed by atoms with Crippen LogP contribution in [0.4, 0.5) is 10.8 Å². The molecule has 2 amide bonds. The quantitative estimate of drug-likeness (QED) is 0.433. The fourth-order valence-corrected chi connectivity index (χ4v) is 4.33. The van der Waals surface area contributed by atoms with Crippen LogP contribution in [0.3, 0.4) is 0 Å². The van der Waals surface area contributed by atoms with E-state index in [1.807, 2.05) is 30.5 Å². The van der Waals surface area contributed by atoms with Gasteiger partial charge in [0.2, 0.25) is 5.91 Å². The highest BCUT2D eigenvalue weighted by Gasteiger charge is 2.24. The number of aliphatic carboxylic acids is 1. The summed E-state index contributed by atoms with van der Waals surface area (Å²) >= 11 is 2.40. The summed E-state index contributed by atoms with van der Waals surface area (Å²) in [5, 5.41) is 15.8. The van der Waals surface area contributed by atoms with E-state index < -0.39 is 11.9 Å². The third-order valence-corrected chi connectivity index (χ3v) is 5.80. The summed E-state index contributed by atoms with van der Waals surface area (Å²) < 4.78 is 0. The van der Waals surface area contributed by atoms with Gasteiger partial charge in [-0.2, -0.15) is 0 Å². The molecule has 0 spiro atoms. The molecular formula is C19H15N5O4S2. The lowest BCUT2D eigenvalue weighted by Crippen LogP contribution is -2.19. The monoisotopic (exact) mass is 441 g/mol. The molecule has 0 aliphatic carbocycles. The van der Waals surface area contributed by atoms with Crippen LogP contribution in [-0.4, -0.2) is 38.0 Å². The summed E-state index contributed by atoms with van der Waals surface area (Å²) in [6.07, 6.45) is 4.68. The van der Waals surface area contributed by atoms with Gasteiger partial charge in [0.05, 0.1) is 21.9 Å². The van der Waals surface area contributed by atoms with Crippen molar-refractivity contribution >= 4 is 73.8 Å². The number of H-pyrrole nitrogens is 1. The Hall–Kier alpha value is -3.44. The number of carbonyl (C=O) groups excluding carboxylic acids is 2. The molecule has 152 valence electrons. The lowest BCUT2D eigenvalue weighted by Gasteiger charge is -1.98. The summed E-state index contributed by atoms with van der Waals surface area (Å²) in [4.78, 5) is 47.3. The average Bonchev–Trinajstić information content (AvgIpc) is 3.41. The zero-order valence-corrected chi connectivity index (χ0v) is 17.0. The number of amidine groups is 1. The number of benzene rings is 1. The molecular weight excluding hydrogens is 426 g/mol. The largest absolute Gasteiger partial charge is 0.481 e. The number of thiazole rings is 1. The third kappa shape index (κ3) is 4.75. The van der Waals surface area contributed by atoms with Crippen LogP contribution in [0.5, 0.6) is 0 Å². The van der Waals surface area contributed by atoms with Crippen LogP contribution in [0.25, 0.3) is 17.0 Å². The first kappa shape index (κ1) is 19.9. The van der Waals surface area contributed by atoms with E-state index in [9.17, 15) is 14.4 Å². The number of fused-ring (bicyclic) bond motifs is 1. The molecule has 1 aliphatic rings. The number of anilines is 1. The van der Waals surface area contributed by atoms with Gasteiger partial charge in [-0.3, -0.25) is 14.4 Å². The molecule has 0 bridgehead atoms. The first-order valence-corrected chi connectivity index (χ1v) is 10.4. The SMILES string of the molecule is O=C(O)CCC(=O)Nc1ncc(C=C2SC(=Nc3ccc4cc[nH]c4c3)NC2=O)s1. The van der Waals surface area contributed by atoms with Gasteiger partial charge in [0.1, 0.15) is 0 Å². The molecule has 4 rings (SSSR count). The Balaban J connectivity index is 1.43. The predicted molar refractivity (Wildman–Crippen MR) is 117 cm³/mol. The molecule has 4 N–H and O–H groups in total. The molecule has 3 aromatic rings. The molecule has 2 aromatic heterocycles. The van der Waals surface area contributed by atoms with Gasteiger partial charge in [-0.1, -0.05) is 17.4 Å². The maximum absolute atomic E-state index is 12.3. The van der Waals surface area contributed by atoms with Crippen molar-refractivity contribution in [1.82, 2.24) is 15.3 Å². The number of carbonyl (C=O) groups is 3. The molecule has 11 heteroatoms. The molecule has 9 nitrogen and oxygen atoms in total. The van der Waals surface area contributed by atoms with Crippen molar-refractivity contribution in [2.24, 2.45) is 4.99 Å². The first-order valence-electron chi connectivity index (χ1n) is 8.80. The molecule has 0 radical (unpaired) electrons. The maximum atomic E-state index is 12.3. The Morgan fingerprint density at radius 1 is 1.27 bits per heavy atom. The van der Waals surface area contributed by atoms with Gasteiger partial charge in [0.15, 0.2) is 10.3 Å². The number of carboxylic acids is 1. The number of carboxylic acid groups (broad SMARTS) is 1. The van der Waals surface area contributed by atoms with Crippen molar-refractivity contribution in [1.29, 1.82) is 0 Å². The Kier molecular flexibility index (Phi) is 5.63. The standard InChI is InChI=1S/C19H15N5O4S2/c25-15(3-4-16(26)27)23-18-21-9-12(29-18)8-14-17(28)24-19(30-14)22-11-2-1-10-5-6-20-13(10)7-11/h1-2,5-9,20H,3-4H2,(H,26,27)(H,21,23,25)(H,22,24,28). The zero-order chi connectivity index (χ0) is 21.1. The van der Waals surface area contributed by atoms with E-state index in [1.54, 1.807) is 6.08 Å². The number of aromatic nitrogens is 2. The second-order valence-corrected chi connectivity index (χ2v) is 8.33. The normalized spacial score (nSPS) is 16.3. The summed E-state index contributed by atoms with van der Waals surface area (Å²) in [6.45, 7) is 0. The van der Waals surface area contributed by atoms with E-state index in [0.29, 0.717) is 20.1 Å². The van der Waals surface area contributed by atoms with Gasteiger partial charge < -0.3 is 20.7 Å². The Labute approximate surface area is 178 Å². The topological polar surface area (TPSA) is 137 Å². The number of nitrogens with one attached hydrogen (secondary N) is 3. The predicted octanol–water partition coefficient (Wildman–Crippen LogP) is 3.32. The lowest BCUT2D eigenvalue weighted by atomic mass is 10.2. The van der Waals surface area contributed by atoms with Crippen molar-refractivity contribution in [3.05, 3.63) is 46.4 Å². The number of thioether (sulfide) groups is 1. The maximum Gasteiger partial charge on any atom is 0.303 e. The molecule has 1 fully saturated rings. The summed E-state index contributed by atoms with van der Waals surface area (Å²) in [6, 6.07) is 7.70. The van der Waals surface area contributed by atoms with E-state index in [0.717, 1.165) is 16.6 Å². The summed E-state index contributed by atoms with van der Waals surface area (Å²) in [5.41, 5.74) is 1.68. The van der Waals surface area contributed by atoms with Crippen LogP contribution in [0, 0.1) is 0 Å². The van der Waals surface area contributed by atoms with Crippen LogP contribution in [-0.2, 0) is 14.4 Å². The highest BCUT2D eigenvalue weighted by molar-refractivity contribution is 8.18. The zero-order valence-electron chi connectivity index (χ0n) is 15.3. The van der Waals surface area contributed by atoms with Crippen molar-refractivity contribution < 1.29 is 19.5 Å². The number of nitrogens with zero attached hydrogens (tertiary/aromatic N) is 2. The minimum Gasteiger partial charge on any atom is -0.481 e. The van der Waals surface area contributed by atoms with Gasteiger partial charge in [0, 0.05) is 24.3 Å². The van der Waals surface area contributed by atoms with Gasteiger partial charge in [-0.05, 0) is 41.4 Å². The molecule has 1 saturated heterocycles. The molecule has 3 heterocycles. The second-order valence-electron chi connectivity index (χ2n) is 6.24. The van der Waals surface area contributed by atoms with E-state index in [1.165, 1.54) is 29.3 Å². The highest BCUT2D eigenvalue weighted by atomic mass is 32.2. The smallest absolute Gasteiger partial charge is 0.303 e.